The normalized spacial score (nSPS) is 26.1. The first kappa shape index (κ1) is 14.1. The molecule has 1 aromatic rings. The summed E-state index contributed by atoms with van der Waals surface area (Å²) in [6, 6.07) is 3.94. The predicted molar refractivity (Wildman–Crippen MR) is 70.0 cm³/mol. The zero-order chi connectivity index (χ0) is 14.0. The quantitative estimate of drug-likeness (QED) is 0.786. The SMILES string of the molecule is COC(=O)c1ccc(C(C)N2CC(C)OCC2C)o1. The van der Waals surface area contributed by atoms with Crippen LogP contribution < -0.4 is 0 Å². The molecule has 1 aliphatic heterocycles. The van der Waals surface area contributed by atoms with Gasteiger partial charge in [0.05, 0.1) is 25.9 Å². The van der Waals surface area contributed by atoms with Crippen molar-refractivity contribution in [1.82, 2.24) is 4.90 Å². The van der Waals surface area contributed by atoms with E-state index in [1.54, 1.807) is 6.07 Å². The summed E-state index contributed by atoms with van der Waals surface area (Å²) >= 11 is 0. The summed E-state index contributed by atoms with van der Waals surface area (Å²) in [5.41, 5.74) is 0. The van der Waals surface area contributed by atoms with Gasteiger partial charge in [-0.3, -0.25) is 4.90 Å². The Balaban J connectivity index is 2.12. The summed E-state index contributed by atoms with van der Waals surface area (Å²) in [5, 5.41) is 0. The molecule has 1 fully saturated rings. The van der Waals surface area contributed by atoms with Crippen LogP contribution in [-0.4, -0.2) is 43.3 Å². The van der Waals surface area contributed by atoms with Crippen molar-refractivity contribution in [2.24, 2.45) is 0 Å². The molecular weight excluding hydrogens is 246 g/mol. The van der Waals surface area contributed by atoms with Crippen LogP contribution in [0.15, 0.2) is 16.5 Å². The molecule has 5 heteroatoms. The number of methoxy groups -OCH3 is 1. The Hall–Kier alpha value is -1.33. The van der Waals surface area contributed by atoms with Crippen molar-refractivity contribution in [3.63, 3.8) is 0 Å². The Morgan fingerprint density at radius 3 is 2.89 bits per heavy atom. The molecule has 5 nitrogen and oxygen atoms in total. The second kappa shape index (κ2) is 5.75. The van der Waals surface area contributed by atoms with Crippen LogP contribution in [0.25, 0.3) is 0 Å². The standard InChI is InChI=1S/C14H21NO4/c1-9-8-18-10(2)7-15(9)11(3)12-5-6-13(19-12)14(16)17-4/h5-6,9-11H,7-8H2,1-4H3. The van der Waals surface area contributed by atoms with E-state index in [0.717, 1.165) is 18.9 Å². The number of ether oxygens (including phenoxy) is 2. The maximum atomic E-state index is 11.4. The molecule has 0 N–H and O–H groups in total. The molecule has 0 spiro atoms. The average molecular weight is 267 g/mol. The van der Waals surface area contributed by atoms with Gasteiger partial charge >= 0.3 is 5.97 Å². The molecular formula is C14H21NO4. The van der Waals surface area contributed by atoms with Gasteiger partial charge in [0.15, 0.2) is 0 Å². The second-order valence-corrected chi connectivity index (χ2v) is 5.06. The van der Waals surface area contributed by atoms with E-state index in [9.17, 15) is 4.79 Å². The van der Waals surface area contributed by atoms with Crippen LogP contribution in [0.5, 0.6) is 0 Å². The van der Waals surface area contributed by atoms with Crippen molar-refractivity contribution in [2.45, 2.75) is 39.0 Å². The molecule has 1 saturated heterocycles. The minimum Gasteiger partial charge on any atom is -0.463 e. The minimum absolute atomic E-state index is 0.111. The van der Waals surface area contributed by atoms with Crippen LogP contribution >= 0.6 is 0 Å². The number of carbonyl (C=O) groups excluding carboxylic acids is 1. The topological polar surface area (TPSA) is 51.9 Å². The van der Waals surface area contributed by atoms with E-state index < -0.39 is 5.97 Å². The summed E-state index contributed by atoms with van der Waals surface area (Å²) < 4.78 is 15.8. The third kappa shape index (κ3) is 2.98. The van der Waals surface area contributed by atoms with E-state index in [-0.39, 0.29) is 17.9 Å². The summed E-state index contributed by atoms with van der Waals surface area (Å²) in [6.45, 7) is 7.85. The fourth-order valence-corrected chi connectivity index (χ4v) is 2.42. The van der Waals surface area contributed by atoms with Gasteiger partial charge in [-0.05, 0) is 32.9 Å². The maximum absolute atomic E-state index is 11.4. The minimum atomic E-state index is -0.443. The highest BCUT2D eigenvalue weighted by molar-refractivity contribution is 5.86. The number of nitrogens with zero attached hydrogens (tertiary/aromatic N) is 1. The highest BCUT2D eigenvalue weighted by atomic mass is 16.5. The van der Waals surface area contributed by atoms with Crippen LogP contribution in [0.4, 0.5) is 0 Å². The zero-order valence-corrected chi connectivity index (χ0v) is 11.9. The van der Waals surface area contributed by atoms with Crippen molar-refractivity contribution < 1.29 is 18.7 Å². The monoisotopic (exact) mass is 267 g/mol. The van der Waals surface area contributed by atoms with Crippen LogP contribution in [0.2, 0.25) is 0 Å². The molecule has 0 aliphatic carbocycles. The lowest BCUT2D eigenvalue weighted by atomic mass is 10.1. The Morgan fingerprint density at radius 2 is 2.21 bits per heavy atom. The summed E-state index contributed by atoms with van der Waals surface area (Å²) in [4.78, 5) is 13.7. The molecule has 0 amide bonds. The maximum Gasteiger partial charge on any atom is 0.373 e. The van der Waals surface area contributed by atoms with Crippen LogP contribution in [0, 0.1) is 0 Å². The second-order valence-electron chi connectivity index (χ2n) is 5.06. The summed E-state index contributed by atoms with van der Waals surface area (Å²) in [5.74, 6) is 0.585. The number of hydrogen-bond donors (Lipinski definition) is 0. The van der Waals surface area contributed by atoms with Gasteiger partial charge in [0.2, 0.25) is 5.76 Å². The highest BCUT2D eigenvalue weighted by Gasteiger charge is 2.30. The Kier molecular flexibility index (Phi) is 4.27. The lowest BCUT2D eigenvalue weighted by molar-refractivity contribution is -0.0668. The molecule has 0 radical (unpaired) electrons. The molecule has 1 aromatic heterocycles. The average Bonchev–Trinajstić information content (AvgIpc) is 2.89. The molecule has 0 saturated carbocycles. The van der Waals surface area contributed by atoms with E-state index in [1.165, 1.54) is 7.11 Å². The third-order valence-corrected chi connectivity index (χ3v) is 3.58. The van der Waals surface area contributed by atoms with Gasteiger partial charge in [0.1, 0.15) is 5.76 Å². The Bertz CT molecular complexity index is 442. The predicted octanol–water partition coefficient (Wildman–Crippen LogP) is 2.24. The molecule has 1 aliphatic rings. The van der Waals surface area contributed by atoms with Crippen LogP contribution in [0.1, 0.15) is 43.1 Å². The highest BCUT2D eigenvalue weighted by Crippen LogP contribution is 2.27. The lowest BCUT2D eigenvalue weighted by Crippen LogP contribution is -2.48. The molecule has 2 heterocycles. The van der Waals surface area contributed by atoms with Gasteiger partial charge in [-0.15, -0.1) is 0 Å². The molecule has 19 heavy (non-hydrogen) atoms. The van der Waals surface area contributed by atoms with E-state index in [1.807, 2.05) is 6.07 Å². The number of furan rings is 1. The van der Waals surface area contributed by atoms with Crippen LogP contribution in [0.3, 0.4) is 0 Å². The first-order valence-electron chi connectivity index (χ1n) is 6.58. The number of rotatable bonds is 3. The van der Waals surface area contributed by atoms with Crippen molar-refractivity contribution in [2.75, 3.05) is 20.3 Å². The fraction of sp³-hybridized carbons (Fsp3) is 0.643. The Morgan fingerprint density at radius 1 is 1.47 bits per heavy atom. The van der Waals surface area contributed by atoms with E-state index >= 15 is 0 Å². The molecule has 106 valence electrons. The van der Waals surface area contributed by atoms with Gasteiger partial charge in [0, 0.05) is 12.6 Å². The first-order chi connectivity index (χ1) is 9.02. The first-order valence-corrected chi connectivity index (χ1v) is 6.58. The van der Waals surface area contributed by atoms with Gasteiger partial charge in [0.25, 0.3) is 0 Å². The molecule has 3 unspecified atom stereocenters. The Labute approximate surface area is 113 Å². The number of morpholine rings is 1. The molecule has 0 aromatic carbocycles. The zero-order valence-electron chi connectivity index (χ0n) is 11.9. The van der Waals surface area contributed by atoms with Crippen molar-refractivity contribution in [3.8, 4) is 0 Å². The molecule has 3 atom stereocenters. The molecule has 0 bridgehead atoms. The van der Waals surface area contributed by atoms with Crippen molar-refractivity contribution in [1.29, 1.82) is 0 Å². The van der Waals surface area contributed by atoms with E-state index in [0.29, 0.717) is 6.04 Å². The van der Waals surface area contributed by atoms with Gasteiger partial charge in [-0.2, -0.15) is 0 Å². The van der Waals surface area contributed by atoms with Gasteiger partial charge in [-0.1, -0.05) is 0 Å². The smallest absolute Gasteiger partial charge is 0.373 e. The number of hydrogen-bond acceptors (Lipinski definition) is 5. The lowest BCUT2D eigenvalue weighted by Gasteiger charge is -2.39. The third-order valence-electron chi connectivity index (χ3n) is 3.58. The van der Waals surface area contributed by atoms with Gasteiger partial charge < -0.3 is 13.9 Å². The summed E-state index contributed by atoms with van der Waals surface area (Å²) in [6.07, 6.45) is 0.216. The van der Waals surface area contributed by atoms with Crippen LogP contribution in [-0.2, 0) is 9.47 Å². The fourth-order valence-electron chi connectivity index (χ4n) is 2.42. The van der Waals surface area contributed by atoms with Crippen molar-refractivity contribution in [3.05, 3.63) is 23.7 Å². The largest absolute Gasteiger partial charge is 0.463 e. The molecule has 2 rings (SSSR count). The van der Waals surface area contributed by atoms with Crippen molar-refractivity contribution >= 4 is 5.97 Å². The van der Waals surface area contributed by atoms with Gasteiger partial charge in [-0.25, -0.2) is 4.79 Å². The number of carbonyl (C=O) groups is 1. The number of esters is 1. The van der Waals surface area contributed by atoms with E-state index in [4.69, 9.17) is 9.15 Å². The summed E-state index contributed by atoms with van der Waals surface area (Å²) in [7, 11) is 1.35. The van der Waals surface area contributed by atoms with E-state index in [2.05, 4.69) is 30.4 Å².